The van der Waals surface area contributed by atoms with Crippen molar-refractivity contribution in [1.29, 1.82) is 5.41 Å². The number of nitrogens with zero attached hydrogens (tertiary/aromatic N) is 1. The number of amidine groups is 1. The molecule has 3 rings (SSSR count). The zero-order valence-electron chi connectivity index (χ0n) is 17.4. The number of nitrogens with one attached hydrogen (secondary N) is 3. The third-order valence-electron chi connectivity index (χ3n) is 4.79. The fraction of sp³-hybridized carbons (Fsp3) is 0.261. The summed E-state index contributed by atoms with van der Waals surface area (Å²) < 4.78 is 18.4. The minimum absolute atomic E-state index is 0.170. The molecular weight excluding hydrogens is 454 g/mol. The molecule has 0 spiro atoms. The molecule has 0 radical (unpaired) electrons. The van der Waals surface area contributed by atoms with Gasteiger partial charge in [-0.05, 0) is 31.9 Å². The van der Waals surface area contributed by atoms with E-state index in [0.29, 0.717) is 31.0 Å². The smallest absolute Gasteiger partial charge is 0.254 e. The first-order chi connectivity index (χ1) is 15.4. The van der Waals surface area contributed by atoms with Crippen molar-refractivity contribution in [2.45, 2.75) is 25.8 Å². The van der Waals surface area contributed by atoms with E-state index in [9.17, 15) is 9.18 Å². The van der Waals surface area contributed by atoms with E-state index in [1.54, 1.807) is 24.4 Å². The van der Waals surface area contributed by atoms with Gasteiger partial charge in [0.25, 0.3) is 5.91 Å². The fourth-order valence-electron chi connectivity index (χ4n) is 3.10. The summed E-state index contributed by atoms with van der Waals surface area (Å²) >= 11 is 12.3. The standard InChI is InChI=1S/C23H23Cl2FN4O2/c1-14-7-9-15(10-8-14)19-13-29-23(32-19)18(6-3-11-28-20(27)12-26)30-22(31)21-16(24)4-2-5-17(21)25/h2,4-5,7-10,13,18H,3,6,11-12H2,1H3,(H2,27,28)(H,30,31)/t18-/m0/s1. The van der Waals surface area contributed by atoms with Gasteiger partial charge in [-0.25, -0.2) is 9.37 Å². The van der Waals surface area contributed by atoms with Crippen LogP contribution >= 0.6 is 23.2 Å². The van der Waals surface area contributed by atoms with Crippen LogP contribution in [0.15, 0.2) is 53.1 Å². The van der Waals surface area contributed by atoms with Crippen molar-refractivity contribution in [3.8, 4) is 11.3 Å². The molecule has 0 aliphatic heterocycles. The van der Waals surface area contributed by atoms with Gasteiger partial charge in [-0.1, -0.05) is 59.1 Å². The van der Waals surface area contributed by atoms with Gasteiger partial charge in [0.2, 0.25) is 5.89 Å². The van der Waals surface area contributed by atoms with Crippen LogP contribution in [0.25, 0.3) is 11.3 Å². The van der Waals surface area contributed by atoms with Crippen LogP contribution < -0.4 is 10.6 Å². The summed E-state index contributed by atoms with van der Waals surface area (Å²) in [5.41, 5.74) is 2.16. The maximum atomic E-state index is 12.9. The second-order valence-corrected chi connectivity index (χ2v) is 8.05. The summed E-state index contributed by atoms with van der Waals surface area (Å²) in [7, 11) is 0. The molecule has 9 heteroatoms. The molecule has 2 aromatic carbocycles. The molecule has 6 nitrogen and oxygen atoms in total. The Morgan fingerprint density at radius 2 is 1.88 bits per heavy atom. The highest BCUT2D eigenvalue weighted by molar-refractivity contribution is 6.39. The predicted molar refractivity (Wildman–Crippen MR) is 124 cm³/mol. The lowest BCUT2D eigenvalue weighted by molar-refractivity contribution is 0.0927. The van der Waals surface area contributed by atoms with Gasteiger partial charge >= 0.3 is 0 Å². The predicted octanol–water partition coefficient (Wildman–Crippen LogP) is 5.74. The minimum Gasteiger partial charge on any atom is -0.438 e. The number of aromatic nitrogens is 1. The van der Waals surface area contributed by atoms with E-state index in [-0.39, 0.29) is 21.4 Å². The molecule has 0 saturated heterocycles. The molecule has 3 aromatic rings. The monoisotopic (exact) mass is 476 g/mol. The molecule has 3 N–H and O–H groups in total. The average molecular weight is 477 g/mol. The molecule has 1 aromatic heterocycles. The number of oxazole rings is 1. The Kier molecular flexibility index (Phi) is 8.25. The van der Waals surface area contributed by atoms with Crippen LogP contribution in [0.2, 0.25) is 10.0 Å². The van der Waals surface area contributed by atoms with Crippen molar-refractivity contribution in [3.05, 3.63) is 75.7 Å². The first kappa shape index (κ1) is 23.8. The second-order valence-electron chi connectivity index (χ2n) is 7.23. The highest BCUT2D eigenvalue weighted by atomic mass is 35.5. The Balaban J connectivity index is 1.80. The Morgan fingerprint density at radius 3 is 2.53 bits per heavy atom. The average Bonchev–Trinajstić information content (AvgIpc) is 3.26. The third-order valence-corrected chi connectivity index (χ3v) is 5.42. The number of hydrogen-bond donors (Lipinski definition) is 3. The van der Waals surface area contributed by atoms with Crippen molar-refractivity contribution >= 4 is 34.9 Å². The van der Waals surface area contributed by atoms with Crippen molar-refractivity contribution in [2.75, 3.05) is 13.2 Å². The van der Waals surface area contributed by atoms with E-state index >= 15 is 0 Å². The molecule has 1 heterocycles. The van der Waals surface area contributed by atoms with Crippen LogP contribution in [0.4, 0.5) is 4.39 Å². The van der Waals surface area contributed by atoms with Crippen molar-refractivity contribution in [3.63, 3.8) is 0 Å². The van der Waals surface area contributed by atoms with Gasteiger partial charge in [0.1, 0.15) is 18.6 Å². The molecular formula is C23H23Cl2FN4O2. The van der Waals surface area contributed by atoms with Gasteiger partial charge in [0, 0.05) is 12.1 Å². The van der Waals surface area contributed by atoms with E-state index in [2.05, 4.69) is 15.6 Å². The normalized spacial score (nSPS) is 11.8. The van der Waals surface area contributed by atoms with E-state index in [1.165, 1.54) is 0 Å². The van der Waals surface area contributed by atoms with Gasteiger partial charge in [-0.3, -0.25) is 10.2 Å². The Bertz CT molecular complexity index is 1070. The number of aryl methyl sites for hydroxylation is 1. The summed E-state index contributed by atoms with van der Waals surface area (Å²) in [5, 5.41) is 13.4. The first-order valence-electron chi connectivity index (χ1n) is 10.0. The maximum absolute atomic E-state index is 12.9. The molecule has 0 unspecified atom stereocenters. The van der Waals surface area contributed by atoms with Crippen LogP contribution in [-0.2, 0) is 0 Å². The zero-order valence-corrected chi connectivity index (χ0v) is 18.9. The Morgan fingerprint density at radius 1 is 1.19 bits per heavy atom. The molecule has 0 saturated carbocycles. The van der Waals surface area contributed by atoms with Crippen LogP contribution in [0.3, 0.4) is 0 Å². The summed E-state index contributed by atoms with van der Waals surface area (Å²) in [4.78, 5) is 17.3. The molecule has 1 atom stereocenters. The van der Waals surface area contributed by atoms with Gasteiger partial charge in [-0.2, -0.15) is 0 Å². The summed E-state index contributed by atoms with van der Waals surface area (Å²) in [6.45, 7) is 1.51. The Hall–Kier alpha value is -2.90. The SMILES string of the molecule is Cc1ccc(-c2cnc([C@H](CCCNC(=N)CF)NC(=O)c3c(Cl)cccc3Cl)o2)cc1. The quantitative estimate of drug-likeness (QED) is 0.208. The number of carbonyl (C=O) groups is 1. The van der Waals surface area contributed by atoms with Crippen LogP contribution in [-0.4, -0.2) is 29.9 Å². The molecule has 168 valence electrons. The van der Waals surface area contributed by atoms with Crippen molar-refractivity contribution in [2.24, 2.45) is 0 Å². The lowest BCUT2D eigenvalue weighted by atomic mass is 10.1. The summed E-state index contributed by atoms with van der Waals surface area (Å²) in [5.74, 6) is 0.265. The topological polar surface area (TPSA) is 91.0 Å². The number of rotatable bonds is 9. The van der Waals surface area contributed by atoms with E-state index in [0.717, 1.165) is 11.1 Å². The Labute approximate surface area is 195 Å². The number of hydrogen-bond acceptors (Lipinski definition) is 4. The highest BCUT2D eigenvalue weighted by Crippen LogP contribution is 2.28. The van der Waals surface area contributed by atoms with Gasteiger partial charge in [-0.15, -0.1) is 0 Å². The highest BCUT2D eigenvalue weighted by Gasteiger charge is 2.23. The number of carbonyl (C=O) groups excluding carboxylic acids is 1. The third kappa shape index (κ3) is 6.08. The summed E-state index contributed by atoms with van der Waals surface area (Å²) in [6, 6.07) is 12.1. The number of halogens is 3. The van der Waals surface area contributed by atoms with Gasteiger partial charge in [0.05, 0.1) is 21.8 Å². The molecule has 0 bridgehead atoms. The van der Waals surface area contributed by atoms with E-state index in [4.69, 9.17) is 33.0 Å². The van der Waals surface area contributed by atoms with Gasteiger partial charge in [0.15, 0.2) is 5.76 Å². The van der Waals surface area contributed by atoms with Crippen molar-refractivity contribution < 1.29 is 13.6 Å². The molecule has 1 amide bonds. The lowest BCUT2D eigenvalue weighted by Gasteiger charge is -2.17. The van der Waals surface area contributed by atoms with Crippen LogP contribution in [0.5, 0.6) is 0 Å². The van der Waals surface area contributed by atoms with Crippen LogP contribution in [0.1, 0.15) is 40.7 Å². The van der Waals surface area contributed by atoms with Crippen molar-refractivity contribution in [1.82, 2.24) is 15.6 Å². The minimum atomic E-state index is -0.856. The molecule has 32 heavy (non-hydrogen) atoms. The number of benzene rings is 2. The summed E-state index contributed by atoms with van der Waals surface area (Å²) in [6.07, 6.45) is 2.58. The van der Waals surface area contributed by atoms with Crippen LogP contribution in [0, 0.1) is 12.3 Å². The zero-order chi connectivity index (χ0) is 23.1. The maximum Gasteiger partial charge on any atom is 0.254 e. The molecule has 0 aliphatic carbocycles. The largest absolute Gasteiger partial charge is 0.438 e. The van der Waals surface area contributed by atoms with Gasteiger partial charge < -0.3 is 15.1 Å². The lowest BCUT2D eigenvalue weighted by Crippen LogP contribution is -2.31. The number of alkyl halides is 1. The fourth-order valence-corrected chi connectivity index (χ4v) is 3.66. The number of amides is 1. The molecule has 0 fully saturated rings. The van der Waals surface area contributed by atoms with E-state index < -0.39 is 18.6 Å². The second kappa shape index (κ2) is 11.1. The molecule has 0 aliphatic rings. The first-order valence-corrected chi connectivity index (χ1v) is 10.8. The van der Waals surface area contributed by atoms with E-state index in [1.807, 2.05) is 31.2 Å².